The Balaban J connectivity index is 2.61. The van der Waals surface area contributed by atoms with Gasteiger partial charge in [0, 0.05) is 24.6 Å². The summed E-state index contributed by atoms with van der Waals surface area (Å²) in [6, 6.07) is 2.72. The molecule has 0 fully saturated rings. The first-order valence-electron chi connectivity index (χ1n) is 4.99. The Morgan fingerprint density at radius 2 is 2.24 bits per heavy atom. The molecule has 0 unspecified atom stereocenters. The van der Waals surface area contributed by atoms with Crippen molar-refractivity contribution in [1.82, 2.24) is 5.32 Å². The smallest absolute Gasteiger partial charge is 0.324 e. The van der Waals surface area contributed by atoms with Gasteiger partial charge in [-0.1, -0.05) is 25.2 Å². The Morgan fingerprint density at radius 1 is 1.59 bits per heavy atom. The van der Waals surface area contributed by atoms with Crippen molar-refractivity contribution in [2.24, 2.45) is 5.41 Å². The fourth-order valence-electron chi connectivity index (χ4n) is 1.01. The molecular weight excluding hydrogens is 244 g/mol. The summed E-state index contributed by atoms with van der Waals surface area (Å²) in [5.74, 6) is -0.357. The number of nitrogens with one attached hydrogen (secondary N) is 1. The number of carbonyl (C=O) groups is 1. The molecule has 1 aromatic heterocycles. The number of nitro groups is 1. The molecule has 7 heteroatoms. The van der Waals surface area contributed by atoms with Crippen LogP contribution in [0.5, 0.6) is 0 Å². The minimum absolute atomic E-state index is 0.0438. The maximum Gasteiger partial charge on any atom is 0.324 e. The molecule has 0 spiro atoms. The summed E-state index contributed by atoms with van der Waals surface area (Å²) in [4.78, 5) is 21.9. The van der Waals surface area contributed by atoms with Gasteiger partial charge in [-0.2, -0.15) is 0 Å². The van der Waals surface area contributed by atoms with Crippen molar-refractivity contribution in [1.29, 1.82) is 0 Å². The molecule has 6 nitrogen and oxygen atoms in total. The number of aliphatic hydroxyl groups excluding tert-OH is 1. The molecule has 0 bridgehead atoms. The Labute approximate surface area is 102 Å². The maximum atomic E-state index is 11.6. The third-order valence-electron chi connectivity index (χ3n) is 2.15. The molecule has 2 N–H and O–H groups in total. The fraction of sp³-hybridized carbons (Fsp3) is 0.500. The van der Waals surface area contributed by atoms with E-state index in [0.29, 0.717) is 11.4 Å². The number of carbonyl (C=O) groups excluding carboxylic acids is 1. The van der Waals surface area contributed by atoms with Gasteiger partial charge in [-0.05, 0) is 6.07 Å². The lowest BCUT2D eigenvalue weighted by atomic mass is 9.95. The second-order valence-corrected chi connectivity index (χ2v) is 5.46. The average molecular weight is 258 g/mol. The summed E-state index contributed by atoms with van der Waals surface area (Å²) in [6.45, 7) is 3.89. The van der Waals surface area contributed by atoms with Crippen LogP contribution in [0.4, 0.5) is 5.00 Å². The predicted molar refractivity (Wildman–Crippen MR) is 64.2 cm³/mol. The summed E-state index contributed by atoms with van der Waals surface area (Å²) < 4.78 is 0. The number of hydrogen-bond acceptors (Lipinski definition) is 5. The van der Waals surface area contributed by atoms with Crippen LogP contribution in [0.3, 0.4) is 0 Å². The molecule has 0 aromatic carbocycles. The molecule has 1 rings (SSSR count). The lowest BCUT2D eigenvalue weighted by Crippen LogP contribution is -2.35. The van der Waals surface area contributed by atoms with Crippen LogP contribution in [0.15, 0.2) is 12.1 Å². The largest absolute Gasteiger partial charge is 0.396 e. The van der Waals surface area contributed by atoms with Crippen molar-refractivity contribution in [3.05, 3.63) is 27.1 Å². The lowest BCUT2D eigenvalue weighted by Gasteiger charge is -2.21. The number of hydrogen-bond donors (Lipinski definition) is 2. The van der Waals surface area contributed by atoms with E-state index in [1.54, 1.807) is 0 Å². The van der Waals surface area contributed by atoms with Crippen LogP contribution >= 0.6 is 11.3 Å². The van der Waals surface area contributed by atoms with Crippen molar-refractivity contribution in [3.8, 4) is 0 Å². The lowest BCUT2D eigenvalue weighted by molar-refractivity contribution is -0.380. The van der Waals surface area contributed by atoms with Gasteiger partial charge in [0.1, 0.15) is 0 Å². The van der Waals surface area contributed by atoms with E-state index in [9.17, 15) is 14.9 Å². The summed E-state index contributed by atoms with van der Waals surface area (Å²) in [5.41, 5.74) is -0.404. The third kappa shape index (κ3) is 3.79. The molecule has 0 aliphatic carbocycles. The van der Waals surface area contributed by atoms with E-state index in [1.807, 2.05) is 13.8 Å². The zero-order valence-electron chi connectivity index (χ0n) is 9.60. The zero-order valence-corrected chi connectivity index (χ0v) is 10.4. The van der Waals surface area contributed by atoms with E-state index in [0.717, 1.165) is 11.3 Å². The van der Waals surface area contributed by atoms with Gasteiger partial charge in [0.2, 0.25) is 0 Å². The second kappa shape index (κ2) is 5.24. The van der Waals surface area contributed by atoms with Crippen LogP contribution in [0, 0.1) is 15.5 Å². The molecule has 0 saturated heterocycles. The van der Waals surface area contributed by atoms with Crippen molar-refractivity contribution in [2.75, 3.05) is 13.2 Å². The van der Waals surface area contributed by atoms with Gasteiger partial charge in [0.15, 0.2) is 0 Å². The highest BCUT2D eigenvalue weighted by atomic mass is 32.1. The van der Waals surface area contributed by atoms with Crippen LogP contribution in [-0.2, 0) is 0 Å². The normalized spacial score (nSPS) is 11.2. The minimum atomic E-state index is -0.529. The highest BCUT2D eigenvalue weighted by Gasteiger charge is 2.20. The van der Waals surface area contributed by atoms with Crippen molar-refractivity contribution in [2.45, 2.75) is 13.8 Å². The van der Waals surface area contributed by atoms with E-state index in [2.05, 4.69) is 5.32 Å². The zero-order chi connectivity index (χ0) is 13.1. The third-order valence-corrected chi connectivity index (χ3v) is 3.19. The van der Waals surface area contributed by atoms with Crippen LogP contribution in [-0.4, -0.2) is 29.1 Å². The quantitative estimate of drug-likeness (QED) is 0.616. The Hall–Kier alpha value is -1.47. The van der Waals surface area contributed by atoms with E-state index < -0.39 is 10.3 Å². The van der Waals surface area contributed by atoms with E-state index in [-0.39, 0.29) is 17.5 Å². The molecule has 0 aliphatic rings. The van der Waals surface area contributed by atoms with Crippen LogP contribution < -0.4 is 5.32 Å². The van der Waals surface area contributed by atoms with Crippen molar-refractivity contribution < 1.29 is 14.8 Å². The summed E-state index contributed by atoms with van der Waals surface area (Å²) in [7, 11) is 0. The van der Waals surface area contributed by atoms with Crippen molar-refractivity contribution >= 4 is 22.2 Å². The number of aliphatic hydroxyl groups is 1. The first-order valence-corrected chi connectivity index (χ1v) is 5.81. The molecule has 94 valence electrons. The minimum Gasteiger partial charge on any atom is -0.396 e. The van der Waals surface area contributed by atoms with Gasteiger partial charge in [-0.25, -0.2) is 0 Å². The highest BCUT2D eigenvalue weighted by molar-refractivity contribution is 7.17. The van der Waals surface area contributed by atoms with Crippen LogP contribution in [0.2, 0.25) is 0 Å². The fourth-order valence-corrected chi connectivity index (χ4v) is 1.75. The second-order valence-electron chi connectivity index (χ2n) is 4.40. The van der Waals surface area contributed by atoms with Gasteiger partial charge >= 0.3 is 5.00 Å². The molecule has 0 aliphatic heterocycles. The topological polar surface area (TPSA) is 92.5 Å². The number of amides is 1. The van der Waals surface area contributed by atoms with E-state index in [4.69, 9.17) is 5.11 Å². The predicted octanol–water partition coefficient (Wildman–Crippen LogP) is 1.40. The molecule has 0 atom stereocenters. The van der Waals surface area contributed by atoms with Crippen LogP contribution in [0.1, 0.15) is 23.5 Å². The Morgan fingerprint density at radius 3 is 2.71 bits per heavy atom. The van der Waals surface area contributed by atoms with Gasteiger partial charge in [0.25, 0.3) is 5.91 Å². The molecular formula is C10H14N2O4S. The molecule has 1 aromatic rings. The summed E-state index contributed by atoms with van der Waals surface area (Å²) in [5, 5.41) is 22.0. The van der Waals surface area contributed by atoms with Crippen molar-refractivity contribution in [3.63, 3.8) is 0 Å². The van der Waals surface area contributed by atoms with E-state index >= 15 is 0 Å². The first-order chi connectivity index (χ1) is 7.85. The van der Waals surface area contributed by atoms with Crippen LogP contribution in [0.25, 0.3) is 0 Å². The van der Waals surface area contributed by atoms with Gasteiger partial charge < -0.3 is 10.4 Å². The summed E-state index contributed by atoms with van der Waals surface area (Å²) in [6.07, 6.45) is 0. The van der Waals surface area contributed by atoms with Gasteiger partial charge in [-0.3, -0.25) is 14.9 Å². The average Bonchev–Trinajstić information content (AvgIpc) is 2.75. The molecule has 1 amide bonds. The Kier molecular flexibility index (Phi) is 4.19. The SMILES string of the molecule is CC(C)(CO)CNC(=O)c1ccc([N+](=O)[O-])s1. The monoisotopic (exact) mass is 258 g/mol. The molecule has 0 saturated carbocycles. The van der Waals surface area contributed by atoms with E-state index in [1.165, 1.54) is 12.1 Å². The first kappa shape index (κ1) is 13.6. The molecule has 17 heavy (non-hydrogen) atoms. The number of thiophene rings is 1. The highest BCUT2D eigenvalue weighted by Crippen LogP contribution is 2.23. The summed E-state index contributed by atoms with van der Waals surface area (Å²) >= 11 is 0.834. The Bertz CT molecular complexity index is 428. The number of rotatable bonds is 5. The van der Waals surface area contributed by atoms with Gasteiger partial charge in [0.05, 0.1) is 9.80 Å². The molecule has 1 heterocycles. The van der Waals surface area contributed by atoms with Gasteiger partial charge in [-0.15, -0.1) is 0 Å². The standard InChI is InChI=1S/C10H14N2O4S/c1-10(2,6-13)5-11-9(14)7-3-4-8(17-7)12(15)16/h3-4,13H,5-6H2,1-2H3,(H,11,14). The molecule has 0 radical (unpaired) electrons. The number of nitrogens with zero attached hydrogens (tertiary/aromatic N) is 1. The maximum absolute atomic E-state index is 11.6.